The maximum Gasteiger partial charge on any atom is 0.343 e. The van der Waals surface area contributed by atoms with Crippen LogP contribution < -0.4 is 14.2 Å². The van der Waals surface area contributed by atoms with Crippen molar-refractivity contribution < 1.29 is 28.6 Å². The van der Waals surface area contributed by atoms with E-state index in [1.54, 1.807) is 31.2 Å². The van der Waals surface area contributed by atoms with E-state index in [1.165, 1.54) is 18.2 Å². The Kier molecular flexibility index (Phi) is 8.99. The van der Waals surface area contributed by atoms with Crippen molar-refractivity contribution in [1.82, 2.24) is 4.90 Å². The molecule has 7 nitrogen and oxygen atoms in total. The van der Waals surface area contributed by atoms with Crippen LogP contribution in [0.5, 0.6) is 17.2 Å². The van der Waals surface area contributed by atoms with Crippen LogP contribution >= 0.6 is 35.0 Å². The van der Waals surface area contributed by atoms with E-state index in [1.807, 2.05) is 31.2 Å². The van der Waals surface area contributed by atoms with Crippen molar-refractivity contribution in [2.45, 2.75) is 13.8 Å². The topological polar surface area (TPSA) is 82.1 Å². The van der Waals surface area contributed by atoms with Crippen LogP contribution in [0.2, 0.25) is 10.0 Å². The molecule has 0 bridgehead atoms. The lowest BCUT2D eigenvalue weighted by Gasteiger charge is -2.14. The van der Waals surface area contributed by atoms with Crippen LogP contribution in [0, 0.1) is 6.92 Å². The van der Waals surface area contributed by atoms with Crippen molar-refractivity contribution in [2.24, 2.45) is 0 Å². The molecule has 1 heterocycles. The number of halogens is 2. The summed E-state index contributed by atoms with van der Waals surface area (Å²) in [4.78, 5) is 39.4. The largest absolute Gasteiger partial charge is 0.492 e. The fourth-order valence-corrected chi connectivity index (χ4v) is 4.82. The molecule has 4 rings (SSSR count). The van der Waals surface area contributed by atoms with Gasteiger partial charge in [-0.2, -0.15) is 0 Å². The SMILES string of the molecule is CCOc1cc(/C=C2\SC(=O)N(CCOc3cccc(C)c3)C2=O)cc(Cl)c1OC(=O)c1ccc(Cl)cc1. The molecule has 196 valence electrons. The van der Waals surface area contributed by atoms with Crippen LogP contribution in [-0.4, -0.2) is 41.8 Å². The molecule has 0 atom stereocenters. The molecule has 1 saturated heterocycles. The van der Waals surface area contributed by atoms with Crippen molar-refractivity contribution in [3.8, 4) is 17.2 Å². The van der Waals surface area contributed by atoms with Crippen LogP contribution in [0.3, 0.4) is 0 Å². The van der Waals surface area contributed by atoms with E-state index in [2.05, 4.69) is 0 Å². The molecule has 3 aromatic carbocycles. The lowest BCUT2D eigenvalue weighted by Crippen LogP contribution is -2.32. The number of hydrogen-bond donors (Lipinski definition) is 0. The van der Waals surface area contributed by atoms with Crippen LogP contribution in [-0.2, 0) is 4.79 Å². The summed E-state index contributed by atoms with van der Waals surface area (Å²) in [7, 11) is 0. The third-order valence-corrected chi connectivity index (χ3v) is 6.79. The Morgan fingerprint density at radius 1 is 1.03 bits per heavy atom. The zero-order chi connectivity index (χ0) is 27.2. The minimum absolute atomic E-state index is 0.0482. The van der Waals surface area contributed by atoms with Gasteiger partial charge in [-0.15, -0.1) is 0 Å². The number of carbonyl (C=O) groups excluding carboxylic acids is 3. The highest BCUT2D eigenvalue weighted by atomic mass is 35.5. The summed E-state index contributed by atoms with van der Waals surface area (Å²) in [6, 6.07) is 16.9. The zero-order valence-electron chi connectivity index (χ0n) is 20.5. The van der Waals surface area contributed by atoms with E-state index < -0.39 is 17.1 Å². The van der Waals surface area contributed by atoms with E-state index in [0.717, 1.165) is 22.2 Å². The fraction of sp³-hybridized carbons (Fsp3) is 0.179. The van der Waals surface area contributed by atoms with Gasteiger partial charge in [-0.1, -0.05) is 35.3 Å². The van der Waals surface area contributed by atoms with Gasteiger partial charge in [0.1, 0.15) is 12.4 Å². The van der Waals surface area contributed by atoms with Crippen molar-refractivity contribution in [3.05, 3.63) is 92.3 Å². The first-order chi connectivity index (χ1) is 18.2. The standard InChI is InChI=1S/C28H23Cl2NO6S/c1-3-35-23-15-18(14-22(30)25(23)37-27(33)19-7-9-20(29)10-8-19)16-24-26(32)31(28(34)38-24)11-12-36-21-6-4-5-17(2)13-21/h4-10,13-16H,3,11-12H2,1-2H3/b24-16-. The van der Waals surface area contributed by atoms with Gasteiger partial charge in [0.15, 0.2) is 11.5 Å². The van der Waals surface area contributed by atoms with Gasteiger partial charge in [-0.3, -0.25) is 14.5 Å². The number of imide groups is 1. The van der Waals surface area contributed by atoms with Crippen LogP contribution in [0.25, 0.3) is 6.08 Å². The summed E-state index contributed by atoms with van der Waals surface area (Å²) in [5.41, 5.74) is 1.84. The van der Waals surface area contributed by atoms with Crippen LogP contribution in [0.1, 0.15) is 28.4 Å². The Morgan fingerprint density at radius 2 is 1.79 bits per heavy atom. The number of carbonyl (C=O) groups is 3. The molecule has 0 saturated carbocycles. The lowest BCUT2D eigenvalue weighted by atomic mass is 10.1. The number of amides is 2. The number of aryl methyl sites for hydroxylation is 1. The summed E-state index contributed by atoms with van der Waals surface area (Å²) in [5, 5.41) is 0.205. The Labute approximate surface area is 234 Å². The van der Waals surface area contributed by atoms with Crippen LogP contribution in [0.4, 0.5) is 4.79 Å². The molecule has 1 aliphatic heterocycles. The summed E-state index contributed by atoms with van der Waals surface area (Å²) >= 11 is 13.2. The predicted molar refractivity (Wildman–Crippen MR) is 148 cm³/mol. The third kappa shape index (κ3) is 6.69. The van der Waals surface area contributed by atoms with E-state index in [-0.39, 0.29) is 46.7 Å². The minimum Gasteiger partial charge on any atom is -0.492 e. The normalized spacial score (nSPS) is 14.2. The van der Waals surface area contributed by atoms with Gasteiger partial charge in [-0.25, -0.2) is 4.79 Å². The number of hydrogen-bond acceptors (Lipinski definition) is 7. The van der Waals surface area contributed by atoms with Crippen molar-refractivity contribution in [1.29, 1.82) is 0 Å². The van der Waals surface area contributed by atoms with Gasteiger partial charge in [-0.05, 0) is 91.3 Å². The Hall–Kier alpha value is -3.46. The predicted octanol–water partition coefficient (Wildman–Crippen LogP) is 7.04. The lowest BCUT2D eigenvalue weighted by molar-refractivity contribution is -0.123. The number of rotatable bonds is 9. The minimum atomic E-state index is -0.633. The van der Waals surface area contributed by atoms with Crippen molar-refractivity contribution in [3.63, 3.8) is 0 Å². The second-order valence-corrected chi connectivity index (χ2v) is 9.99. The number of esters is 1. The smallest absolute Gasteiger partial charge is 0.343 e. The van der Waals surface area contributed by atoms with Gasteiger partial charge in [0.2, 0.25) is 0 Å². The molecule has 10 heteroatoms. The average Bonchev–Trinajstić information content (AvgIpc) is 3.14. The average molecular weight is 572 g/mol. The number of ether oxygens (including phenoxy) is 3. The molecule has 0 radical (unpaired) electrons. The highest BCUT2D eigenvalue weighted by molar-refractivity contribution is 8.18. The van der Waals surface area contributed by atoms with E-state index in [9.17, 15) is 14.4 Å². The molecule has 0 aromatic heterocycles. The van der Waals surface area contributed by atoms with E-state index >= 15 is 0 Å². The third-order valence-electron chi connectivity index (χ3n) is 5.35. The zero-order valence-corrected chi connectivity index (χ0v) is 22.9. The highest BCUT2D eigenvalue weighted by Gasteiger charge is 2.35. The number of benzene rings is 3. The van der Waals surface area contributed by atoms with Gasteiger partial charge >= 0.3 is 5.97 Å². The Balaban J connectivity index is 1.49. The maximum atomic E-state index is 12.9. The molecule has 38 heavy (non-hydrogen) atoms. The van der Waals surface area contributed by atoms with Gasteiger partial charge < -0.3 is 14.2 Å². The maximum absolute atomic E-state index is 12.9. The molecular weight excluding hydrogens is 549 g/mol. The number of nitrogens with zero attached hydrogens (tertiary/aromatic N) is 1. The van der Waals surface area contributed by atoms with Gasteiger partial charge in [0.25, 0.3) is 11.1 Å². The molecule has 2 amide bonds. The summed E-state index contributed by atoms with van der Waals surface area (Å²) < 4.78 is 16.9. The molecule has 0 aliphatic carbocycles. The van der Waals surface area contributed by atoms with Gasteiger partial charge in [0.05, 0.1) is 28.6 Å². The molecule has 0 unspecified atom stereocenters. The second-order valence-electron chi connectivity index (χ2n) is 8.16. The molecule has 1 fully saturated rings. The molecule has 1 aliphatic rings. The number of thioether (sulfide) groups is 1. The Bertz CT molecular complexity index is 1410. The summed E-state index contributed by atoms with van der Waals surface area (Å²) in [6.45, 7) is 4.29. The van der Waals surface area contributed by atoms with Crippen molar-refractivity contribution >= 4 is 58.2 Å². The first-order valence-corrected chi connectivity index (χ1v) is 13.2. The fourth-order valence-electron chi connectivity index (χ4n) is 3.57. The molecule has 0 N–H and O–H groups in total. The van der Waals surface area contributed by atoms with Gasteiger partial charge in [0, 0.05) is 5.02 Å². The van der Waals surface area contributed by atoms with Crippen LogP contribution in [0.15, 0.2) is 65.6 Å². The molecule has 3 aromatic rings. The highest BCUT2D eigenvalue weighted by Crippen LogP contribution is 2.39. The van der Waals surface area contributed by atoms with E-state index in [0.29, 0.717) is 16.3 Å². The van der Waals surface area contributed by atoms with E-state index in [4.69, 9.17) is 37.4 Å². The monoisotopic (exact) mass is 571 g/mol. The molecular formula is C28H23Cl2NO6S. The second kappa shape index (κ2) is 12.4. The van der Waals surface area contributed by atoms with Crippen molar-refractivity contribution in [2.75, 3.05) is 19.8 Å². The summed E-state index contributed by atoms with van der Waals surface area (Å²) in [6.07, 6.45) is 1.55. The first-order valence-electron chi connectivity index (χ1n) is 11.6. The quantitative estimate of drug-likeness (QED) is 0.155. The first kappa shape index (κ1) is 27.6. The Morgan fingerprint density at radius 3 is 2.50 bits per heavy atom. The molecule has 0 spiro atoms. The summed E-state index contributed by atoms with van der Waals surface area (Å²) in [5.74, 6) is -0.125.